The molecule has 1 amide bonds. The van der Waals surface area contributed by atoms with Gasteiger partial charge >= 0.3 is 12.1 Å². The third-order valence-electron chi connectivity index (χ3n) is 6.15. The maximum absolute atomic E-state index is 12.6. The number of alkyl carbamates (subject to hydrolysis) is 1. The number of carboxylic acids is 1. The van der Waals surface area contributed by atoms with Gasteiger partial charge in [-0.15, -0.1) is 0 Å². The van der Waals surface area contributed by atoms with E-state index >= 15 is 0 Å². The van der Waals surface area contributed by atoms with E-state index in [2.05, 4.69) is 29.6 Å². The molecule has 3 aromatic carbocycles. The van der Waals surface area contributed by atoms with Gasteiger partial charge in [0.25, 0.3) is 0 Å². The van der Waals surface area contributed by atoms with Crippen molar-refractivity contribution in [1.82, 2.24) is 5.32 Å². The first-order valence-electron chi connectivity index (χ1n) is 10.1. The second kappa shape index (κ2) is 7.34. The highest BCUT2D eigenvalue weighted by molar-refractivity contribution is 5.80. The quantitative estimate of drug-likeness (QED) is 0.658. The average molecular weight is 399 g/mol. The third kappa shape index (κ3) is 3.03. The molecule has 2 aliphatic rings. The Morgan fingerprint density at radius 1 is 0.833 bits per heavy atom. The monoisotopic (exact) mass is 399 g/mol. The molecular weight excluding hydrogens is 378 g/mol. The molecule has 5 rings (SSSR count). The Morgan fingerprint density at radius 2 is 1.37 bits per heavy atom. The molecule has 0 radical (unpaired) electrons. The van der Waals surface area contributed by atoms with E-state index in [-0.39, 0.29) is 18.6 Å². The van der Waals surface area contributed by atoms with E-state index in [0.717, 1.165) is 22.3 Å². The molecular formula is C25H21NO4. The zero-order valence-corrected chi connectivity index (χ0v) is 16.2. The van der Waals surface area contributed by atoms with Gasteiger partial charge in [-0.25, -0.2) is 4.79 Å². The number of carboxylic acid groups (broad SMARTS) is 1. The molecule has 0 spiro atoms. The fourth-order valence-corrected chi connectivity index (χ4v) is 4.79. The maximum Gasteiger partial charge on any atom is 0.407 e. The first-order valence-corrected chi connectivity index (χ1v) is 10.1. The second-order valence-electron chi connectivity index (χ2n) is 7.78. The van der Waals surface area contributed by atoms with Crippen LogP contribution in [-0.4, -0.2) is 23.8 Å². The summed E-state index contributed by atoms with van der Waals surface area (Å²) in [5.41, 5.74) is 6.27. The highest BCUT2D eigenvalue weighted by atomic mass is 16.5. The summed E-state index contributed by atoms with van der Waals surface area (Å²) in [5, 5.41) is 12.4. The van der Waals surface area contributed by atoms with E-state index in [1.807, 2.05) is 48.5 Å². The Morgan fingerprint density at radius 3 is 1.97 bits per heavy atom. The van der Waals surface area contributed by atoms with E-state index in [1.165, 1.54) is 11.1 Å². The normalized spacial score (nSPS) is 18.9. The molecule has 2 N–H and O–H groups in total. The van der Waals surface area contributed by atoms with Crippen molar-refractivity contribution in [2.75, 3.05) is 6.61 Å². The molecule has 0 aliphatic heterocycles. The van der Waals surface area contributed by atoms with E-state index in [9.17, 15) is 14.7 Å². The first kappa shape index (κ1) is 18.4. The van der Waals surface area contributed by atoms with Gasteiger partial charge < -0.3 is 15.2 Å². The fourth-order valence-electron chi connectivity index (χ4n) is 4.79. The number of ether oxygens (including phenoxy) is 1. The Balaban J connectivity index is 1.30. The number of nitrogens with one attached hydrogen (secondary N) is 1. The highest BCUT2D eigenvalue weighted by Gasteiger charge is 2.36. The smallest absolute Gasteiger partial charge is 0.407 e. The molecule has 30 heavy (non-hydrogen) atoms. The van der Waals surface area contributed by atoms with Crippen molar-refractivity contribution in [3.63, 3.8) is 0 Å². The minimum absolute atomic E-state index is 0.00853. The first-order chi connectivity index (χ1) is 14.6. The summed E-state index contributed by atoms with van der Waals surface area (Å²) in [5.74, 6) is -1.50. The maximum atomic E-state index is 12.6. The van der Waals surface area contributed by atoms with E-state index in [4.69, 9.17) is 4.74 Å². The molecule has 0 aromatic heterocycles. The van der Waals surface area contributed by atoms with E-state index in [1.54, 1.807) is 0 Å². The van der Waals surface area contributed by atoms with E-state index in [0.29, 0.717) is 6.42 Å². The minimum atomic E-state index is -0.876. The van der Waals surface area contributed by atoms with Crippen molar-refractivity contribution in [1.29, 1.82) is 0 Å². The van der Waals surface area contributed by atoms with Gasteiger partial charge in [0, 0.05) is 5.92 Å². The summed E-state index contributed by atoms with van der Waals surface area (Å²) < 4.78 is 5.61. The Bertz CT molecular complexity index is 1090. The van der Waals surface area contributed by atoms with Crippen LogP contribution in [0.4, 0.5) is 4.79 Å². The van der Waals surface area contributed by atoms with Gasteiger partial charge in [-0.2, -0.15) is 0 Å². The number of amides is 1. The lowest BCUT2D eigenvalue weighted by molar-refractivity contribution is -0.138. The van der Waals surface area contributed by atoms with Crippen LogP contribution in [0.1, 0.15) is 46.6 Å². The van der Waals surface area contributed by atoms with Crippen molar-refractivity contribution >= 4 is 12.1 Å². The molecule has 0 saturated carbocycles. The standard InChI is InChI=1S/C25H21NO4/c27-24(28)21-13-23(20-12-6-5-11-19(20)21)26-25(29)30-14-22-17-9-3-1-7-15(17)16-8-2-4-10-18(16)22/h1-12,21-23H,13-14H2,(H,26,29)(H,27,28)/t21-,23+/m1/s1. The molecule has 0 saturated heterocycles. The summed E-state index contributed by atoms with van der Waals surface area (Å²) in [7, 11) is 0. The zero-order valence-electron chi connectivity index (χ0n) is 16.2. The van der Waals surface area contributed by atoms with Crippen molar-refractivity contribution in [3.05, 3.63) is 95.1 Å². The van der Waals surface area contributed by atoms with Crippen molar-refractivity contribution in [2.45, 2.75) is 24.3 Å². The summed E-state index contributed by atoms with van der Waals surface area (Å²) in [4.78, 5) is 24.2. The van der Waals surface area contributed by atoms with Gasteiger partial charge in [0.05, 0.1) is 12.0 Å². The van der Waals surface area contributed by atoms with Gasteiger partial charge in [0.2, 0.25) is 0 Å². The molecule has 5 nitrogen and oxygen atoms in total. The summed E-state index contributed by atoms with van der Waals surface area (Å²) in [6.07, 6.45) is -0.193. The van der Waals surface area contributed by atoms with Crippen LogP contribution in [0.25, 0.3) is 11.1 Å². The summed E-state index contributed by atoms with van der Waals surface area (Å²) >= 11 is 0. The lowest BCUT2D eigenvalue weighted by atomic mass is 9.98. The Hall–Kier alpha value is -3.60. The Labute approximate surface area is 174 Å². The van der Waals surface area contributed by atoms with Crippen LogP contribution in [0.5, 0.6) is 0 Å². The Kier molecular flexibility index (Phi) is 4.51. The van der Waals surface area contributed by atoms with Crippen LogP contribution in [0.3, 0.4) is 0 Å². The second-order valence-corrected chi connectivity index (χ2v) is 7.78. The van der Waals surface area contributed by atoms with Crippen molar-refractivity contribution in [2.24, 2.45) is 0 Å². The van der Waals surface area contributed by atoms with Crippen molar-refractivity contribution in [3.8, 4) is 11.1 Å². The predicted octanol–water partition coefficient (Wildman–Crippen LogP) is 4.84. The molecule has 150 valence electrons. The minimum Gasteiger partial charge on any atom is -0.481 e. The number of hydrogen-bond acceptors (Lipinski definition) is 3. The topological polar surface area (TPSA) is 75.6 Å². The van der Waals surface area contributed by atoms with Gasteiger partial charge in [-0.05, 0) is 39.8 Å². The van der Waals surface area contributed by atoms with Gasteiger partial charge in [0.15, 0.2) is 0 Å². The van der Waals surface area contributed by atoms with Gasteiger partial charge in [-0.3, -0.25) is 4.79 Å². The number of rotatable bonds is 4. The number of carbonyl (C=O) groups excluding carboxylic acids is 1. The number of carbonyl (C=O) groups is 2. The van der Waals surface area contributed by atoms with Crippen LogP contribution in [0.2, 0.25) is 0 Å². The molecule has 0 fully saturated rings. The summed E-state index contributed by atoms with van der Waals surface area (Å²) in [6, 6.07) is 23.4. The van der Waals surface area contributed by atoms with Crippen LogP contribution >= 0.6 is 0 Å². The molecule has 0 unspecified atom stereocenters. The largest absolute Gasteiger partial charge is 0.481 e. The van der Waals surface area contributed by atoms with Crippen LogP contribution in [-0.2, 0) is 9.53 Å². The van der Waals surface area contributed by atoms with Crippen molar-refractivity contribution < 1.29 is 19.4 Å². The number of hydrogen-bond donors (Lipinski definition) is 2. The van der Waals surface area contributed by atoms with E-state index < -0.39 is 18.0 Å². The zero-order chi connectivity index (χ0) is 20.7. The summed E-state index contributed by atoms with van der Waals surface area (Å²) in [6.45, 7) is 0.233. The predicted molar refractivity (Wildman–Crippen MR) is 112 cm³/mol. The number of aliphatic carboxylic acids is 1. The molecule has 2 atom stereocenters. The van der Waals surface area contributed by atoms with Gasteiger partial charge in [0.1, 0.15) is 6.61 Å². The lowest BCUT2D eigenvalue weighted by Gasteiger charge is -2.17. The van der Waals surface area contributed by atoms with Gasteiger partial charge in [-0.1, -0.05) is 72.8 Å². The SMILES string of the molecule is O=C(N[C@H]1C[C@@H](C(=O)O)c2ccccc21)OCC1c2ccccc2-c2ccccc21. The molecule has 0 heterocycles. The number of benzene rings is 3. The number of fused-ring (bicyclic) bond motifs is 4. The fraction of sp³-hybridized carbons (Fsp3) is 0.200. The molecule has 0 bridgehead atoms. The molecule has 3 aromatic rings. The molecule has 5 heteroatoms. The van der Waals surface area contributed by atoms with Crippen LogP contribution in [0, 0.1) is 0 Å². The average Bonchev–Trinajstić information content (AvgIpc) is 3.29. The highest BCUT2D eigenvalue weighted by Crippen LogP contribution is 2.44. The third-order valence-corrected chi connectivity index (χ3v) is 6.15. The molecule has 2 aliphatic carbocycles. The lowest BCUT2D eigenvalue weighted by Crippen LogP contribution is -2.29. The van der Waals surface area contributed by atoms with Crippen LogP contribution < -0.4 is 5.32 Å². The van der Waals surface area contributed by atoms with Crippen LogP contribution in [0.15, 0.2) is 72.8 Å².